The Bertz CT molecular complexity index is 2500. The fourth-order valence-corrected chi connectivity index (χ4v) is 7.38. The first-order valence-electron chi connectivity index (χ1n) is 23.2. The van der Waals surface area contributed by atoms with Crippen molar-refractivity contribution in [3.63, 3.8) is 0 Å². The zero-order chi connectivity index (χ0) is 50.4. The number of aliphatic carboxylic acids is 2. The number of methoxy groups -OCH3 is 2. The minimum absolute atomic E-state index is 0. The van der Waals surface area contributed by atoms with Crippen LogP contribution in [0.1, 0.15) is 93.9 Å². The van der Waals surface area contributed by atoms with E-state index < -0.39 is 11.9 Å². The molecule has 0 heterocycles. The quantitative estimate of drug-likeness (QED) is 0.0400. The van der Waals surface area contributed by atoms with E-state index in [1.165, 1.54) is 12.1 Å². The van der Waals surface area contributed by atoms with Crippen LogP contribution in [0.2, 0.25) is 0 Å². The lowest BCUT2D eigenvalue weighted by Crippen LogP contribution is -2.04. The second kappa shape index (κ2) is 28.8. The molecule has 10 nitrogen and oxygen atoms in total. The van der Waals surface area contributed by atoms with Crippen LogP contribution in [-0.2, 0) is 22.8 Å². The molecule has 0 radical (unpaired) electrons. The number of hydrogen-bond acceptors (Lipinski definition) is 8. The molecule has 71 heavy (non-hydrogen) atoms. The van der Waals surface area contributed by atoms with E-state index in [-0.39, 0.29) is 57.0 Å². The number of allylic oxidation sites excluding steroid dienone is 2. The molecular formula is C59H66F2O10. The van der Waals surface area contributed by atoms with Crippen LogP contribution in [0, 0.1) is 11.6 Å². The number of hydrogen-bond donors (Lipinski definition) is 2. The Labute approximate surface area is 417 Å². The number of ether oxygens (including phenoxy) is 6. The maximum Gasteiger partial charge on any atom is 0.304 e. The van der Waals surface area contributed by atoms with E-state index in [0.717, 1.165) is 47.9 Å². The summed E-state index contributed by atoms with van der Waals surface area (Å²) in [5.74, 6) is 0.444. The lowest BCUT2D eigenvalue weighted by molar-refractivity contribution is -0.138. The van der Waals surface area contributed by atoms with Crippen molar-refractivity contribution >= 4 is 11.9 Å². The van der Waals surface area contributed by atoms with Gasteiger partial charge in [0.15, 0.2) is 0 Å². The monoisotopic (exact) mass is 972 g/mol. The molecular weight excluding hydrogens is 907 g/mol. The van der Waals surface area contributed by atoms with Gasteiger partial charge >= 0.3 is 11.9 Å². The summed E-state index contributed by atoms with van der Waals surface area (Å²) < 4.78 is 63.9. The van der Waals surface area contributed by atoms with E-state index in [1.807, 2.05) is 84.9 Å². The molecule has 0 spiro atoms. The Kier molecular flexibility index (Phi) is 22.7. The van der Waals surface area contributed by atoms with E-state index in [4.69, 9.17) is 38.6 Å². The number of carboxylic acids is 2. The molecule has 0 aliphatic rings. The molecule has 0 amide bonds. The molecule has 0 saturated carbocycles. The number of rotatable bonds is 26. The van der Waals surface area contributed by atoms with Gasteiger partial charge in [0, 0.05) is 34.1 Å². The second-order valence-corrected chi connectivity index (χ2v) is 16.4. The van der Waals surface area contributed by atoms with Crippen LogP contribution >= 0.6 is 0 Å². The fourth-order valence-electron chi connectivity index (χ4n) is 7.38. The van der Waals surface area contributed by atoms with Gasteiger partial charge < -0.3 is 38.6 Å². The highest BCUT2D eigenvalue weighted by Gasteiger charge is 2.18. The smallest absolute Gasteiger partial charge is 0.304 e. The van der Waals surface area contributed by atoms with Gasteiger partial charge in [-0.05, 0) is 108 Å². The SMILES string of the molecule is C.C=C[C@@H](CC(=O)O)c1cccc(OCc2ccc(-c3cc(OC)ccc3F)c(OCCCC)c2)c1.C=C[C@H](CC(=O)O)c1cccc(OCc2ccc(-c3cc(OC)ccc3F)c(OCCCC)c2)c1. The van der Waals surface area contributed by atoms with Crippen molar-refractivity contribution in [3.05, 3.63) is 181 Å². The summed E-state index contributed by atoms with van der Waals surface area (Å²) in [5.41, 5.74) is 5.48. The summed E-state index contributed by atoms with van der Waals surface area (Å²) >= 11 is 0. The van der Waals surface area contributed by atoms with Gasteiger partial charge in [0.25, 0.3) is 0 Å². The number of halogens is 2. The summed E-state index contributed by atoms with van der Waals surface area (Å²) in [6.45, 7) is 13.2. The summed E-state index contributed by atoms with van der Waals surface area (Å²) in [4.78, 5) is 22.3. The van der Waals surface area contributed by atoms with Gasteiger partial charge in [-0.2, -0.15) is 0 Å². The first-order valence-corrected chi connectivity index (χ1v) is 23.2. The molecule has 376 valence electrons. The Morgan fingerprint density at radius 2 is 0.944 bits per heavy atom. The third-order valence-corrected chi connectivity index (χ3v) is 11.3. The Morgan fingerprint density at radius 3 is 1.30 bits per heavy atom. The molecule has 0 aliphatic carbocycles. The first-order chi connectivity index (χ1) is 33.9. The number of unbranched alkanes of at least 4 members (excludes halogenated alkanes) is 2. The van der Waals surface area contributed by atoms with Crippen molar-refractivity contribution in [2.45, 2.75) is 84.8 Å². The predicted octanol–water partition coefficient (Wildman–Crippen LogP) is 14.6. The Hall–Kier alpha value is -7.60. The van der Waals surface area contributed by atoms with Crippen molar-refractivity contribution < 1.29 is 57.0 Å². The van der Waals surface area contributed by atoms with E-state index in [0.29, 0.717) is 70.0 Å². The largest absolute Gasteiger partial charge is 0.497 e. The molecule has 2 N–H and O–H groups in total. The normalized spacial score (nSPS) is 11.4. The van der Waals surface area contributed by atoms with Crippen LogP contribution < -0.4 is 28.4 Å². The topological polar surface area (TPSA) is 130 Å². The Morgan fingerprint density at radius 1 is 0.535 bits per heavy atom. The minimum Gasteiger partial charge on any atom is -0.497 e. The molecule has 0 fully saturated rings. The maximum absolute atomic E-state index is 14.7. The molecule has 12 heteroatoms. The van der Waals surface area contributed by atoms with Gasteiger partial charge in [-0.3, -0.25) is 9.59 Å². The van der Waals surface area contributed by atoms with E-state index in [9.17, 15) is 18.4 Å². The average Bonchev–Trinajstić information content (AvgIpc) is 3.37. The number of carboxylic acid groups (broad SMARTS) is 2. The molecule has 6 aromatic rings. The van der Waals surface area contributed by atoms with E-state index in [1.54, 1.807) is 50.6 Å². The van der Waals surface area contributed by atoms with Crippen molar-refractivity contribution in [2.75, 3.05) is 27.4 Å². The zero-order valence-electron chi connectivity index (χ0n) is 40.3. The number of carbonyl (C=O) groups is 2. The van der Waals surface area contributed by atoms with Crippen molar-refractivity contribution in [1.29, 1.82) is 0 Å². The van der Waals surface area contributed by atoms with E-state index >= 15 is 0 Å². The van der Waals surface area contributed by atoms with Crippen molar-refractivity contribution in [3.8, 4) is 56.8 Å². The third-order valence-electron chi connectivity index (χ3n) is 11.3. The van der Waals surface area contributed by atoms with Gasteiger partial charge in [0.05, 0.1) is 40.3 Å². The number of benzene rings is 6. The van der Waals surface area contributed by atoms with Crippen LogP contribution in [0.3, 0.4) is 0 Å². The summed E-state index contributed by atoms with van der Waals surface area (Å²) in [6.07, 6.45) is 6.92. The molecule has 6 rings (SSSR count). The van der Waals surface area contributed by atoms with Gasteiger partial charge in [0.1, 0.15) is 59.3 Å². The maximum atomic E-state index is 14.7. The molecule has 2 atom stereocenters. The van der Waals surface area contributed by atoms with Gasteiger partial charge in [-0.25, -0.2) is 8.78 Å². The second-order valence-electron chi connectivity index (χ2n) is 16.4. The van der Waals surface area contributed by atoms with Crippen LogP contribution in [0.25, 0.3) is 22.3 Å². The molecule has 0 saturated heterocycles. The molecule has 6 aromatic carbocycles. The van der Waals surface area contributed by atoms with Crippen molar-refractivity contribution in [2.24, 2.45) is 0 Å². The van der Waals surface area contributed by atoms with Gasteiger partial charge in [-0.1, -0.05) is 94.8 Å². The average molecular weight is 973 g/mol. The predicted molar refractivity (Wildman–Crippen MR) is 276 cm³/mol. The molecule has 0 unspecified atom stereocenters. The fraction of sp³-hybridized carbons (Fsp3) is 0.288. The molecule has 0 aliphatic heterocycles. The lowest BCUT2D eigenvalue weighted by atomic mass is 9.96. The highest BCUT2D eigenvalue weighted by Crippen LogP contribution is 2.37. The summed E-state index contributed by atoms with van der Waals surface area (Å²) in [7, 11) is 3.09. The van der Waals surface area contributed by atoms with E-state index in [2.05, 4.69) is 27.0 Å². The minimum atomic E-state index is -0.885. The van der Waals surface area contributed by atoms with Gasteiger partial charge in [0.2, 0.25) is 0 Å². The highest BCUT2D eigenvalue weighted by atomic mass is 19.1. The van der Waals surface area contributed by atoms with Crippen molar-refractivity contribution in [1.82, 2.24) is 0 Å². The standard InChI is InChI=1S/2C29H31FO5.CH4/c2*1-4-6-14-34-28-15-20(10-12-25(28)26-18-23(33-3)11-13-27(26)30)19-35-24-9-7-8-22(16-24)21(5-2)17-29(31)32;/h2*5,7-13,15-16,18,21H,2,4,6,14,17,19H2,1,3H3,(H,31,32);1H4/t2*21-;/m10./s1. The summed E-state index contributed by atoms with van der Waals surface area (Å²) in [5, 5.41) is 18.3. The highest BCUT2D eigenvalue weighted by molar-refractivity contribution is 5.74. The van der Waals surface area contributed by atoms with Crippen LogP contribution in [0.4, 0.5) is 8.78 Å². The molecule has 0 aromatic heterocycles. The first kappa shape index (κ1) is 56.0. The van der Waals surface area contributed by atoms with Crippen LogP contribution in [0.5, 0.6) is 34.5 Å². The molecule has 0 bridgehead atoms. The third kappa shape index (κ3) is 16.8. The Balaban J connectivity index is 0.000000304. The van der Waals surface area contributed by atoms with Gasteiger partial charge in [-0.15, -0.1) is 13.2 Å². The lowest BCUT2D eigenvalue weighted by Gasteiger charge is -2.16. The van der Waals surface area contributed by atoms with Crippen LogP contribution in [-0.4, -0.2) is 49.6 Å². The van der Waals surface area contributed by atoms with Crippen LogP contribution in [0.15, 0.2) is 147 Å². The summed E-state index contributed by atoms with van der Waals surface area (Å²) in [6, 6.07) is 35.1. The zero-order valence-corrected chi connectivity index (χ0v) is 40.3.